The van der Waals surface area contributed by atoms with Gasteiger partial charge in [-0.25, -0.2) is 17.2 Å². The lowest BCUT2D eigenvalue weighted by Crippen LogP contribution is -2.22. The molecule has 2 N–H and O–H groups in total. The van der Waals surface area contributed by atoms with Crippen molar-refractivity contribution in [1.29, 1.82) is 0 Å². The zero-order valence-corrected chi connectivity index (χ0v) is 20.7. The summed E-state index contributed by atoms with van der Waals surface area (Å²) in [7, 11) is -2.80. The number of anilines is 1. The Labute approximate surface area is 217 Å². The lowest BCUT2D eigenvalue weighted by molar-refractivity contribution is -0.137. The summed E-state index contributed by atoms with van der Waals surface area (Å²) in [5.74, 6) is -3.95. The topological polar surface area (TPSA) is 95.6 Å². The Morgan fingerprint density at radius 1 is 1.11 bits per heavy atom. The number of nitrogens with zero attached hydrogens (tertiary/aromatic N) is 1. The Morgan fingerprint density at radius 3 is 2.50 bits per heavy atom. The predicted molar refractivity (Wildman–Crippen MR) is 125 cm³/mol. The molecule has 0 fully saturated rings. The van der Waals surface area contributed by atoms with Crippen LogP contribution in [0, 0.1) is 11.6 Å². The molecule has 0 spiro atoms. The third kappa shape index (κ3) is 4.20. The summed E-state index contributed by atoms with van der Waals surface area (Å²) in [4.78, 5) is 25.8. The predicted octanol–water partition coefficient (Wildman–Crippen LogP) is 4.86. The number of hydrogen-bond acceptors (Lipinski definition) is 4. The average Bonchev–Trinajstić information content (AvgIpc) is 3.28. The Bertz CT molecular complexity index is 1660. The summed E-state index contributed by atoms with van der Waals surface area (Å²) in [6, 6.07) is 4.52. The molecule has 14 heteroatoms. The van der Waals surface area contributed by atoms with Crippen molar-refractivity contribution in [2.75, 3.05) is 12.4 Å². The lowest BCUT2D eigenvalue weighted by Gasteiger charge is -2.19. The number of sulfonamides is 1. The Morgan fingerprint density at radius 2 is 1.82 bits per heavy atom. The van der Waals surface area contributed by atoms with Gasteiger partial charge >= 0.3 is 6.18 Å². The quantitative estimate of drug-likeness (QED) is 0.439. The van der Waals surface area contributed by atoms with Gasteiger partial charge in [-0.1, -0.05) is 11.6 Å². The molecule has 0 bridgehead atoms. The van der Waals surface area contributed by atoms with Gasteiger partial charge in [0.05, 0.1) is 22.1 Å². The Balaban J connectivity index is 1.70. The van der Waals surface area contributed by atoms with Crippen LogP contribution >= 0.6 is 11.6 Å². The van der Waals surface area contributed by atoms with Crippen LogP contribution in [0.2, 0.25) is 5.02 Å². The third-order valence-corrected chi connectivity index (χ3v) is 8.51. The van der Waals surface area contributed by atoms with Crippen molar-refractivity contribution in [3.63, 3.8) is 0 Å². The van der Waals surface area contributed by atoms with Crippen LogP contribution in [0.5, 0.6) is 0 Å². The van der Waals surface area contributed by atoms with Crippen LogP contribution in [0.15, 0.2) is 47.4 Å². The summed E-state index contributed by atoms with van der Waals surface area (Å²) in [6.07, 6.45) is -4.94. The van der Waals surface area contributed by atoms with Gasteiger partial charge in [0, 0.05) is 46.6 Å². The number of carbonyl (C=O) groups is 2. The van der Waals surface area contributed by atoms with Crippen molar-refractivity contribution < 1.29 is 40.0 Å². The van der Waals surface area contributed by atoms with Crippen LogP contribution in [0.3, 0.4) is 0 Å². The van der Waals surface area contributed by atoms with Crippen molar-refractivity contribution in [3.05, 3.63) is 92.5 Å². The molecular weight excluding hydrogens is 557 g/mol. The fourth-order valence-corrected chi connectivity index (χ4v) is 6.17. The van der Waals surface area contributed by atoms with E-state index in [4.69, 9.17) is 11.6 Å². The Hall–Kier alpha value is -3.55. The molecule has 2 aliphatic heterocycles. The number of alkyl halides is 3. The van der Waals surface area contributed by atoms with E-state index in [1.54, 1.807) is 0 Å². The minimum Gasteiger partial charge on any atom is -0.341 e. The summed E-state index contributed by atoms with van der Waals surface area (Å²) < 4.78 is 94.3. The van der Waals surface area contributed by atoms with Crippen LogP contribution in [0.4, 0.5) is 27.6 Å². The highest BCUT2D eigenvalue weighted by atomic mass is 35.5. The SMILES string of the molecule is CN1Cc2c(cc(NC(=O)c3cc(F)cc(C(F)(F)F)c3)c3c2C(=O)NC3c2cc(F)ccc2Cl)S1(=O)=O. The average molecular weight is 572 g/mol. The van der Waals surface area contributed by atoms with Crippen LogP contribution in [0.1, 0.15) is 49.0 Å². The van der Waals surface area contributed by atoms with E-state index in [-0.39, 0.29) is 50.5 Å². The minimum atomic E-state index is -4.94. The van der Waals surface area contributed by atoms with Gasteiger partial charge in [0.15, 0.2) is 0 Å². The number of fused-ring (bicyclic) bond motifs is 3. The highest BCUT2D eigenvalue weighted by Gasteiger charge is 2.43. The van der Waals surface area contributed by atoms with Crippen LogP contribution in [-0.2, 0) is 22.7 Å². The maximum Gasteiger partial charge on any atom is 0.416 e. The molecule has 1 unspecified atom stereocenters. The van der Waals surface area contributed by atoms with Crippen LogP contribution in [0.25, 0.3) is 0 Å². The molecule has 3 aromatic carbocycles. The molecule has 0 aromatic heterocycles. The molecule has 5 rings (SSSR count). The van der Waals surface area contributed by atoms with E-state index in [1.165, 1.54) is 13.1 Å². The van der Waals surface area contributed by atoms with Gasteiger partial charge in [-0.05, 0) is 42.5 Å². The second-order valence-corrected chi connectivity index (χ2v) is 11.1. The van der Waals surface area contributed by atoms with Gasteiger partial charge in [0.2, 0.25) is 10.0 Å². The zero-order valence-electron chi connectivity index (χ0n) is 19.1. The molecule has 7 nitrogen and oxygen atoms in total. The standard InChI is InChI=1S/C24H15ClF5N3O4S/c1-33-9-15-18(38(33,36)37)8-17(31-22(34)10-4-11(24(28,29)30)6-13(27)5-10)20-19(15)23(35)32-21(20)14-7-12(26)2-3-16(14)25/h2-8,21H,9H2,1H3,(H,31,34)(H,32,35). The number of carbonyl (C=O) groups excluding carboxylic acids is 2. The molecule has 0 saturated heterocycles. The fourth-order valence-electron chi connectivity index (χ4n) is 4.57. The molecule has 38 heavy (non-hydrogen) atoms. The molecule has 2 aliphatic rings. The molecule has 0 saturated carbocycles. The number of rotatable bonds is 3. The maximum absolute atomic E-state index is 14.1. The minimum absolute atomic E-state index is 0.0348. The van der Waals surface area contributed by atoms with Gasteiger partial charge in [0.25, 0.3) is 11.8 Å². The zero-order chi connectivity index (χ0) is 27.7. The van der Waals surface area contributed by atoms with Gasteiger partial charge in [0.1, 0.15) is 11.6 Å². The summed E-state index contributed by atoms with van der Waals surface area (Å²) in [5.41, 5.74) is -2.23. The van der Waals surface area contributed by atoms with E-state index in [2.05, 4.69) is 10.6 Å². The van der Waals surface area contributed by atoms with Gasteiger partial charge in [-0.2, -0.15) is 17.5 Å². The van der Waals surface area contributed by atoms with E-state index < -0.39 is 56.8 Å². The van der Waals surface area contributed by atoms with E-state index in [0.29, 0.717) is 12.1 Å². The molecule has 0 radical (unpaired) electrons. The first-order chi connectivity index (χ1) is 17.7. The van der Waals surface area contributed by atoms with Gasteiger partial charge in [-0.3, -0.25) is 9.59 Å². The summed E-state index contributed by atoms with van der Waals surface area (Å²) >= 11 is 6.25. The highest BCUT2D eigenvalue weighted by Crippen LogP contribution is 2.45. The second kappa shape index (κ2) is 8.75. The van der Waals surface area contributed by atoms with Crippen LogP contribution < -0.4 is 10.6 Å². The number of benzene rings is 3. The molecular formula is C24H15ClF5N3O4S. The van der Waals surface area contributed by atoms with Crippen molar-refractivity contribution >= 4 is 39.1 Å². The van der Waals surface area contributed by atoms with E-state index >= 15 is 0 Å². The Kier molecular flexibility index (Phi) is 6.00. The normalized spacial score (nSPS) is 18.2. The van der Waals surface area contributed by atoms with E-state index in [1.807, 2.05) is 0 Å². The van der Waals surface area contributed by atoms with Crippen molar-refractivity contribution in [2.45, 2.75) is 23.7 Å². The molecule has 3 aromatic rings. The lowest BCUT2D eigenvalue weighted by atomic mass is 9.93. The van der Waals surface area contributed by atoms with Crippen molar-refractivity contribution in [3.8, 4) is 0 Å². The monoisotopic (exact) mass is 571 g/mol. The first-order valence-corrected chi connectivity index (χ1v) is 12.6. The molecule has 2 amide bonds. The first kappa shape index (κ1) is 26.1. The van der Waals surface area contributed by atoms with Crippen molar-refractivity contribution in [2.24, 2.45) is 0 Å². The highest BCUT2D eigenvalue weighted by molar-refractivity contribution is 7.89. The number of amides is 2. The van der Waals surface area contributed by atoms with Gasteiger partial charge in [-0.15, -0.1) is 0 Å². The number of nitrogens with one attached hydrogen (secondary N) is 2. The van der Waals surface area contributed by atoms with Crippen LogP contribution in [-0.4, -0.2) is 31.6 Å². The molecule has 1 atom stereocenters. The summed E-state index contributed by atoms with van der Waals surface area (Å²) in [6.45, 7) is -0.176. The molecule has 0 aliphatic carbocycles. The molecule has 198 valence electrons. The third-order valence-electron chi connectivity index (χ3n) is 6.30. The first-order valence-electron chi connectivity index (χ1n) is 10.8. The largest absolute Gasteiger partial charge is 0.416 e. The van der Waals surface area contributed by atoms with E-state index in [0.717, 1.165) is 22.5 Å². The smallest absolute Gasteiger partial charge is 0.341 e. The maximum atomic E-state index is 14.1. The summed E-state index contributed by atoms with van der Waals surface area (Å²) in [5, 5.41) is 4.97. The number of hydrogen-bond donors (Lipinski definition) is 2. The number of halogens is 6. The fraction of sp³-hybridized carbons (Fsp3) is 0.167. The molecule has 2 heterocycles. The van der Waals surface area contributed by atoms with Gasteiger partial charge < -0.3 is 10.6 Å². The van der Waals surface area contributed by atoms with E-state index in [9.17, 15) is 40.0 Å². The second-order valence-electron chi connectivity index (χ2n) is 8.70. The van der Waals surface area contributed by atoms with Crippen molar-refractivity contribution in [1.82, 2.24) is 9.62 Å².